The van der Waals surface area contributed by atoms with Gasteiger partial charge < -0.3 is 9.47 Å². The van der Waals surface area contributed by atoms with Crippen LogP contribution in [-0.2, 0) is 4.79 Å². The van der Waals surface area contributed by atoms with Gasteiger partial charge in [0.2, 0.25) is 5.17 Å². The molecule has 2 aliphatic heterocycles. The Morgan fingerprint density at radius 2 is 1.74 bits per heavy atom. The standard InChI is InChI=1S/C26H28N4O3S/c1-4-5-6-23-29-30-24(27)22(25(31)28-26(30)34-23)16-19-8-11-20(12-9-19)32-13-14-33-21-10-7-17(2)18(3)15-21/h7-12,15-16,27H,4-6,13-14H2,1-3H3/b22-16-,27-24?. The summed E-state index contributed by atoms with van der Waals surface area (Å²) in [4.78, 5) is 16.7. The average molecular weight is 477 g/mol. The van der Waals surface area contributed by atoms with Crippen molar-refractivity contribution in [1.29, 1.82) is 5.41 Å². The maximum Gasteiger partial charge on any atom is 0.283 e. The minimum Gasteiger partial charge on any atom is -0.490 e. The first-order valence-corrected chi connectivity index (χ1v) is 12.2. The van der Waals surface area contributed by atoms with Crippen LogP contribution in [0.2, 0.25) is 0 Å². The number of benzene rings is 2. The molecule has 7 nitrogen and oxygen atoms in total. The predicted octanol–water partition coefficient (Wildman–Crippen LogP) is 5.57. The minimum atomic E-state index is -0.417. The molecular weight excluding hydrogens is 448 g/mol. The third kappa shape index (κ3) is 5.56. The average Bonchev–Trinajstić information content (AvgIpc) is 3.24. The van der Waals surface area contributed by atoms with Gasteiger partial charge in [0.15, 0.2) is 5.84 Å². The third-order valence-corrected chi connectivity index (χ3v) is 6.50. The lowest BCUT2D eigenvalue weighted by molar-refractivity contribution is -0.114. The zero-order chi connectivity index (χ0) is 24.1. The second kappa shape index (κ2) is 10.7. The first kappa shape index (κ1) is 23.8. The van der Waals surface area contributed by atoms with E-state index in [0.717, 1.165) is 35.6 Å². The van der Waals surface area contributed by atoms with Crippen molar-refractivity contribution in [2.24, 2.45) is 10.1 Å². The van der Waals surface area contributed by atoms with Gasteiger partial charge in [-0.1, -0.05) is 31.5 Å². The van der Waals surface area contributed by atoms with Crippen LogP contribution in [0.5, 0.6) is 11.5 Å². The number of nitrogens with zero attached hydrogens (tertiary/aromatic N) is 3. The molecule has 2 aromatic rings. The van der Waals surface area contributed by atoms with Crippen molar-refractivity contribution in [2.45, 2.75) is 40.0 Å². The van der Waals surface area contributed by atoms with Crippen molar-refractivity contribution in [3.63, 3.8) is 0 Å². The second-order valence-corrected chi connectivity index (χ2v) is 9.17. The van der Waals surface area contributed by atoms with Crippen LogP contribution in [0.25, 0.3) is 6.08 Å². The SMILES string of the molecule is CCCCC1=NN2C(=N)/C(=C/c3ccc(OCCOc4ccc(C)c(C)c4)cc3)C(=O)N=C2S1. The fourth-order valence-corrected chi connectivity index (χ4v) is 4.34. The van der Waals surface area contributed by atoms with E-state index in [1.807, 2.05) is 42.5 Å². The van der Waals surface area contributed by atoms with Crippen LogP contribution < -0.4 is 9.47 Å². The highest BCUT2D eigenvalue weighted by Crippen LogP contribution is 2.30. The number of unbranched alkanes of at least 4 members (excludes halogenated alkanes) is 1. The van der Waals surface area contributed by atoms with E-state index in [4.69, 9.17) is 14.9 Å². The van der Waals surface area contributed by atoms with E-state index in [1.165, 1.54) is 27.9 Å². The molecule has 1 amide bonds. The van der Waals surface area contributed by atoms with Gasteiger partial charge in [-0.15, -0.1) is 0 Å². The summed E-state index contributed by atoms with van der Waals surface area (Å²) < 4.78 is 11.5. The quantitative estimate of drug-likeness (QED) is 0.378. The van der Waals surface area contributed by atoms with Crippen LogP contribution in [0.4, 0.5) is 0 Å². The highest BCUT2D eigenvalue weighted by Gasteiger charge is 2.35. The van der Waals surface area contributed by atoms with E-state index in [-0.39, 0.29) is 11.4 Å². The molecule has 0 fully saturated rings. The van der Waals surface area contributed by atoms with E-state index >= 15 is 0 Å². The molecule has 0 saturated heterocycles. The number of amides is 1. The normalized spacial score (nSPS) is 16.4. The smallest absolute Gasteiger partial charge is 0.283 e. The Balaban J connectivity index is 1.34. The van der Waals surface area contributed by atoms with Crippen LogP contribution in [-0.4, -0.2) is 40.2 Å². The number of rotatable bonds is 9. The van der Waals surface area contributed by atoms with Gasteiger partial charge in [0, 0.05) is 0 Å². The van der Waals surface area contributed by atoms with E-state index < -0.39 is 5.91 Å². The van der Waals surface area contributed by atoms with Crippen LogP contribution in [0.15, 0.2) is 58.1 Å². The number of nitrogens with one attached hydrogen (secondary N) is 1. The fraction of sp³-hybridized carbons (Fsp3) is 0.308. The van der Waals surface area contributed by atoms with E-state index in [0.29, 0.717) is 24.1 Å². The van der Waals surface area contributed by atoms with Crippen LogP contribution in [0, 0.1) is 19.3 Å². The van der Waals surface area contributed by atoms with Crippen molar-refractivity contribution in [3.05, 3.63) is 64.7 Å². The number of ether oxygens (including phenoxy) is 2. The van der Waals surface area contributed by atoms with Crippen molar-refractivity contribution in [3.8, 4) is 11.5 Å². The first-order chi connectivity index (χ1) is 16.4. The molecule has 2 aliphatic rings. The van der Waals surface area contributed by atoms with Crippen LogP contribution in [0.1, 0.15) is 42.9 Å². The summed E-state index contributed by atoms with van der Waals surface area (Å²) in [7, 11) is 0. The minimum absolute atomic E-state index is 0.0535. The lowest BCUT2D eigenvalue weighted by atomic mass is 10.1. The van der Waals surface area contributed by atoms with Crippen molar-refractivity contribution in [1.82, 2.24) is 5.01 Å². The Kier molecular flexibility index (Phi) is 7.47. The number of fused-ring (bicyclic) bond motifs is 1. The number of aliphatic imine (C=N–C) groups is 1. The maximum absolute atomic E-state index is 12.5. The molecule has 2 heterocycles. The van der Waals surface area contributed by atoms with Crippen molar-refractivity contribution in [2.75, 3.05) is 13.2 Å². The molecule has 34 heavy (non-hydrogen) atoms. The zero-order valence-corrected chi connectivity index (χ0v) is 20.4. The summed E-state index contributed by atoms with van der Waals surface area (Å²) in [6.45, 7) is 7.11. The van der Waals surface area contributed by atoms with Crippen molar-refractivity contribution < 1.29 is 14.3 Å². The fourth-order valence-electron chi connectivity index (χ4n) is 3.41. The molecule has 4 rings (SSSR count). The van der Waals surface area contributed by atoms with Crippen LogP contribution >= 0.6 is 11.8 Å². The molecule has 176 valence electrons. The molecule has 0 aromatic heterocycles. The molecule has 0 saturated carbocycles. The molecule has 0 aliphatic carbocycles. The Hall–Kier alpha value is -3.39. The predicted molar refractivity (Wildman–Crippen MR) is 138 cm³/mol. The summed E-state index contributed by atoms with van der Waals surface area (Å²) >= 11 is 1.37. The molecule has 1 N–H and O–H groups in total. The maximum atomic E-state index is 12.5. The van der Waals surface area contributed by atoms with Crippen LogP contribution in [0.3, 0.4) is 0 Å². The topological polar surface area (TPSA) is 87.3 Å². The number of carbonyl (C=O) groups excluding carboxylic acids is 1. The summed E-state index contributed by atoms with van der Waals surface area (Å²) in [6.07, 6.45) is 4.58. The molecule has 0 bridgehead atoms. The summed E-state index contributed by atoms with van der Waals surface area (Å²) in [5.41, 5.74) is 3.44. The molecule has 2 aromatic carbocycles. The number of aryl methyl sites for hydroxylation is 2. The largest absolute Gasteiger partial charge is 0.490 e. The van der Waals surface area contributed by atoms with Gasteiger partial charge >= 0.3 is 0 Å². The van der Waals surface area contributed by atoms with Gasteiger partial charge in [-0.25, -0.2) is 0 Å². The second-order valence-electron chi connectivity index (χ2n) is 8.13. The molecule has 0 radical (unpaired) electrons. The number of hydrazone groups is 1. The third-order valence-electron chi connectivity index (χ3n) is 5.53. The van der Waals surface area contributed by atoms with Gasteiger partial charge in [0.1, 0.15) is 29.8 Å². The summed E-state index contributed by atoms with van der Waals surface area (Å²) in [5, 5.41) is 15.8. The van der Waals surface area contributed by atoms with Gasteiger partial charge in [-0.05, 0) is 85.5 Å². The lowest BCUT2D eigenvalue weighted by Crippen LogP contribution is -2.35. The number of thioether (sulfide) groups is 1. The van der Waals surface area contributed by atoms with Gasteiger partial charge in [-0.2, -0.15) is 15.1 Å². The summed E-state index contributed by atoms with van der Waals surface area (Å²) in [5.74, 6) is 1.17. The van der Waals surface area contributed by atoms with E-state index in [2.05, 4.69) is 30.9 Å². The van der Waals surface area contributed by atoms with Gasteiger partial charge in [0.25, 0.3) is 5.91 Å². The molecule has 0 atom stereocenters. The molecular formula is C26H28N4O3S. The molecule has 0 spiro atoms. The molecule has 0 unspecified atom stereocenters. The lowest BCUT2D eigenvalue weighted by Gasteiger charge is -2.20. The highest BCUT2D eigenvalue weighted by molar-refractivity contribution is 8.26. The molecule has 8 heteroatoms. The summed E-state index contributed by atoms with van der Waals surface area (Å²) in [6, 6.07) is 13.4. The number of amidine groups is 2. The van der Waals surface area contributed by atoms with E-state index in [1.54, 1.807) is 6.08 Å². The number of carbonyl (C=O) groups is 1. The Morgan fingerprint density at radius 3 is 2.44 bits per heavy atom. The zero-order valence-electron chi connectivity index (χ0n) is 19.6. The monoisotopic (exact) mass is 476 g/mol. The first-order valence-electron chi connectivity index (χ1n) is 11.4. The Labute approximate surface area is 204 Å². The number of hydrogen-bond acceptors (Lipinski definition) is 6. The van der Waals surface area contributed by atoms with Gasteiger partial charge in [-0.3, -0.25) is 10.2 Å². The Bertz CT molecular complexity index is 1190. The van der Waals surface area contributed by atoms with E-state index in [9.17, 15) is 4.79 Å². The number of hydrogen-bond donors (Lipinski definition) is 1. The highest BCUT2D eigenvalue weighted by atomic mass is 32.2. The van der Waals surface area contributed by atoms with Crippen molar-refractivity contribution >= 4 is 39.8 Å². The Morgan fingerprint density at radius 1 is 1.03 bits per heavy atom. The van der Waals surface area contributed by atoms with Gasteiger partial charge in [0.05, 0.1) is 5.57 Å².